The highest BCUT2D eigenvalue weighted by Crippen LogP contribution is 2.06. The quantitative estimate of drug-likeness (QED) is 0.517. The lowest BCUT2D eigenvalue weighted by Gasteiger charge is -2.02. The zero-order valence-electron chi connectivity index (χ0n) is 5.04. The van der Waals surface area contributed by atoms with E-state index in [1.165, 1.54) is 0 Å². The van der Waals surface area contributed by atoms with Crippen LogP contribution in [0.1, 0.15) is 19.8 Å². The van der Waals surface area contributed by atoms with Gasteiger partial charge in [0.2, 0.25) is 0 Å². The van der Waals surface area contributed by atoms with Gasteiger partial charge < -0.3 is 0 Å². The van der Waals surface area contributed by atoms with Crippen LogP contribution in [-0.2, 0) is 15.5 Å². The minimum absolute atomic E-state index is 0.591. The monoisotopic (exact) mass is 172 g/mol. The molecule has 0 aromatic heterocycles. The van der Waals surface area contributed by atoms with Crippen LogP contribution in [0.5, 0.6) is 0 Å². The van der Waals surface area contributed by atoms with Crippen molar-refractivity contribution in [2.24, 2.45) is 0 Å². The Morgan fingerprint density at radius 2 is 2.44 bits per heavy atom. The van der Waals surface area contributed by atoms with Gasteiger partial charge in [-0.25, -0.2) is 4.18 Å². The van der Waals surface area contributed by atoms with Crippen molar-refractivity contribution in [1.29, 1.82) is 0 Å². The van der Waals surface area contributed by atoms with Crippen LogP contribution >= 0.6 is 11.6 Å². The zero-order valence-corrected chi connectivity index (χ0v) is 6.61. The second-order valence-electron chi connectivity index (χ2n) is 1.51. The highest BCUT2D eigenvalue weighted by Gasteiger charge is 2.05. The van der Waals surface area contributed by atoms with Gasteiger partial charge in [-0.15, -0.1) is 0 Å². The molecule has 0 rings (SSSR count). The summed E-state index contributed by atoms with van der Waals surface area (Å²) in [5, 5.41) is 0. The highest BCUT2D eigenvalue weighted by atomic mass is 35.5. The van der Waals surface area contributed by atoms with Crippen molar-refractivity contribution in [2.75, 3.05) is 0 Å². The van der Waals surface area contributed by atoms with Crippen molar-refractivity contribution < 1.29 is 12.9 Å². The molecule has 2 unspecified atom stereocenters. The van der Waals surface area contributed by atoms with Crippen molar-refractivity contribution in [1.82, 2.24) is 0 Å². The van der Waals surface area contributed by atoms with E-state index in [9.17, 15) is 4.21 Å². The molecule has 0 saturated carbocycles. The number of hydrogen-bond acceptors (Lipinski definition) is 2. The van der Waals surface area contributed by atoms with Gasteiger partial charge in [0, 0.05) is 0 Å². The summed E-state index contributed by atoms with van der Waals surface area (Å²) in [5.74, 6) is 0. The molecule has 2 atom stereocenters. The molecule has 5 heteroatoms. The van der Waals surface area contributed by atoms with Crippen molar-refractivity contribution in [3.63, 3.8) is 0 Å². The highest BCUT2D eigenvalue weighted by molar-refractivity contribution is 7.74. The first-order valence-corrected chi connectivity index (χ1v) is 4.05. The summed E-state index contributed by atoms with van der Waals surface area (Å²) in [7, 11) is 0. The molecular formula is C4H9ClO3S. The first-order chi connectivity index (χ1) is 4.16. The van der Waals surface area contributed by atoms with E-state index in [1.54, 1.807) is 0 Å². The fraction of sp³-hybridized carbons (Fsp3) is 1.00. The first kappa shape index (κ1) is 9.36. The smallest absolute Gasteiger partial charge is 0.284 e. The van der Waals surface area contributed by atoms with Gasteiger partial charge >= 0.3 is 11.4 Å². The third-order valence-electron chi connectivity index (χ3n) is 0.702. The van der Waals surface area contributed by atoms with Gasteiger partial charge in [0.25, 0.3) is 0 Å². The van der Waals surface area contributed by atoms with Crippen LogP contribution in [0.15, 0.2) is 0 Å². The summed E-state index contributed by atoms with van der Waals surface area (Å²) in [6, 6.07) is 0. The molecule has 0 aliphatic carbocycles. The van der Waals surface area contributed by atoms with E-state index in [0.29, 0.717) is 6.42 Å². The van der Waals surface area contributed by atoms with E-state index in [1.807, 2.05) is 6.92 Å². The molecular weight excluding hydrogens is 164 g/mol. The molecule has 0 aliphatic heterocycles. The van der Waals surface area contributed by atoms with Gasteiger partial charge in [0.15, 0.2) is 5.56 Å². The lowest BCUT2D eigenvalue weighted by atomic mass is 10.4. The third kappa shape index (κ3) is 6.24. The molecule has 9 heavy (non-hydrogen) atoms. The Hall–Kier alpha value is 0.360. The van der Waals surface area contributed by atoms with E-state index < -0.39 is 16.9 Å². The summed E-state index contributed by atoms with van der Waals surface area (Å²) in [5.41, 5.74) is -0.638. The van der Waals surface area contributed by atoms with Crippen molar-refractivity contribution in [3.8, 4) is 0 Å². The predicted molar refractivity (Wildman–Crippen MR) is 36.4 cm³/mol. The van der Waals surface area contributed by atoms with Crippen LogP contribution < -0.4 is 0 Å². The molecule has 0 aromatic carbocycles. The van der Waals surface area contributed by atoms with E-state index in [-0.39, 0.29) is 0 Å². The topological polar surface area (TPSA) is 46.5 Å². The molecule has 0 bridgehead atoms. The second-order valence-corrected chi connectivity index (χ2v) is 2.63. The normalized spacial score (nSPS) is 17.2. The minimum atomic E-state index is -2.23. The molecule has 0 aromatic rings. The van der Waals surface area contributed by atoms with Crippen LogP contribution in [0.3, 0.4) is 0 Å². The fourth-order valence-corrected chi connectivity index (χ4v) is 1.04. The molecule has 0 spiro atoms. The Labute approximate surface area is 61.8 Å². The predicted octanol–water partition coefficient (Wildman–Crippen LogP) is 1.50. The van der Waals surface area contributed by atoms with Crippen LogP contribution in [0.25, 0.3) is 0 Å². The van der Waals surface area contributed by atoms with Crippen LogP contribution in [0.2, 0.25) is 0 Å². The third-order valence-corrected chi connectivity index (χ3v) is 1.51. The molecule has 56 valence electrons. The van der Waals surface area contributed by atoms with E-state index >= 15 is 0 Å². The van der Waals surface area contributed by atoms with E-state index in [2.05, 4.69) is 4.18 Å². The zero-order chi connectivity index (χ0) is 7.28. The number of alkyl halides is 1. The number of halogens is 1. The SMILES string of the molecule is CCCC(Cl)OS(=O)O. The number of rotatable bonds is 4. The average molecular weight is 173 g/mol. The van der Waals surface area contributed by atoms with Gasteiger partial charge in [-0.05, 0) is 6.42 Å². The molecule has 0 aliphatic rings. The van der Waals surface area contributed by atoms with Gasteiger partial charge in [-0.3, -0.25) is 4.55 Å². The lowest BCUT2D eigenvalue weighted by Crippen LogP contribution is -2.05. The van der Waals surface area contributed by atoms with Gasteiger partial charge in [-0.2, -0.15) is 4.21 Å². The average Bonchev–Trinajstić information content (AvgIpc) is 1.63. The second kappa shape index (κ2) is 5.17. The van der Waals surface area contributed by atoms with Crippen LogP contribution in [-0.4, -0.2) is 14.3 Å². The van der Waals surface area contributed by atoms with Crippen molar-refractivity contribution in [2.45, 2.75) is 25.3 Å². The summed E-state index contributed by atoms with van der Waals surface area (Å²) >= 11 is 3.17. The van der Waals surface area contributed by atoms with Crippen LogP contribution in [0.4, 0.5) is 0 Å². The molecule has 3 nitrogen and oxygen atoms in total. The lowest BCUT2D eigenvalue weighted by molar-refractivity contribution is 0.265. The minimum Gasteiger partial charge on any atom is -0.284 e. The maximum Gasteiger partial charge on any atom is 0.303 e. The van der Waals surface area contributed by atoms with Crippen molar-refractivity contribution >= 4 is 23.0 Å². The summed E-state index contributed by atoms with van der Waals surface area (Å²) in [6.07, 6.45) is 1.43. The van der Waals surface area contributed by atoms with Gasteiger partial charge in [0.05, 0.1) is 0 Å². The van der Waals surface area contributed by atoms with Gasteiger partial charge in [-0.1, -0.05) is 24.9 Å². The Balaban J connectivity index is 3.26. The summed E-state index contributed by atoms with van der Waals surface area (Å²) in [4.78, 5) is 0. The standard InChI is InChI=1S/C4H9ClO3S/c1-2-3-4(5)8-9(6)7/h4H,2-3H2,1H3,(H,6,7). The maximum atomic E-state index is 9.89. The van der Waals surface area contributed by atoms with E-state index in [0.717, 1.165) is 6.42 Å². The van der Waals surface area contributed by atoms with Crippen molar-refractivity contribution in [3.05, 3.63) is 0 Å². The molecule has 1 N–H and O–H groups in total. The Morgan fingerprint density at radius 1 is 1.89 bits per heavy atom. The molecule has 0 heterocycles. The fourth-order valence-electron chi connectivity index (χ4n) is 0.364. The molecule has 0 radical (unpaired) electrons. The maximum absolute atomic E-state index is 9.89. The summed E-state index contributed by atoms with van der Waals surface area (Å²) < 4.78 is 22.3. The van der Waals surface area contributed by atoms with Gasteiger partial charge in [0.1, 0.15) is 0 Å². The Morgan fingerprint density at radius 3 is 2.78 bits per heavy atom. The first-order valence-electron chi connectivity index (χ1n) is 2.59. The molecule has 0 amide bonds. The van der Waals surface area contributed by atoms with E-state index in [4.69, 9.17) is 16.2 Å². The number of hydrogen-bond donors (Lipinski definition) is 1. The Kier molecular flexibility index (Phi) is 5.38. The summed E-state index contributed by atoms with van der Waals surface area (Å²) in [6.45, 7) is 1.92. The van der Waals surface area contributed by atoms with Crippen LogP contribution in [0, 0.1) is 0 Å². The largest absolute Gasteiger partial charge is 0.303 e. The molecule has 0 saturated heterocycles. The Bertz CT molecular complexity index is 97.8. The molecule has 0 fully saturated rings.